The Bertz CT molecular complexity index is 616. The number of ether oxygens (including phenoxy) is 1. The normalized spacial score (nSPS) is 21.8. The maximum Gasteiger partial charge on any atom is 0.251 e. The van der Waals surface area contributed by atoms with Crippen molar-refractivity contribution in [2.75, 3.05) is 59.5 Å². The van der Waals surface area contributed by atoms with Gasteiger partial charge in [-0.2, -0.15) is 0 Å². The first kappa shape index (κ1) is 17.8. The summed E-state index contributed by atoms with van der Waals surface area (Å²) in [5, 5.41) is 6.05. The second kappa shape index (κ2) is 8.42. The van der Waals surface area contributed by atoms with E-state index in [9.17, 15) is 9.59 Å². The molecule has 2 fully saturated rings. The average molecular weight is 346 g/mol. The molecule has 3 rings (SSSR count). The number of morpholine rings is 1. The zero-order chi connectivity index (χ0) is 17.6. The molecule has 0 saturated carbocycles. The quantitative estimate of drug-likeness (QED) is 0.793. The molecule has 2 amide bonds. The van der Waals surface area contributed by atoms with Crippen LogP contribution in [-0.2, 0) is 9.53 Å². The van der Waals surface area contributed by atoms with E-state index in [2.05, 4.69) is 15.5 Å². The molecule has 0 spiro atoms. The molecule has 1 atom stereocenters. The van der Waals surface area contributed by atoms with Gasteiger partial charge in [0.25, 0.3) is 5.91 Å². The van der Waals surface area contributed by atoms with E-state index in [1.807, 2.05) is 29.2 Å². The van der Waals surface area contributed by atoms with E-state index in [0.29, 0.717) is 38.4 Å². The fourth-order valence-corrected chi connectivity index (χ4v) is 3.38. The summed E-state index contributed by atoms with van der Waals surface area (Å²) in [7, 11) is 1.63. The van der Waals surface area contributed by atoms with Gasteiger partial charge in [-0.3, -0.25) is 14.5 Å². The first-order chi connectivity index (χ1) is 12.2. The Morgan fingerprint density at radius 3 is 2.84 bits per heavy atom. The standard InChI is InChI=1S/C18H26N4O3/c1-19-18(24)15-4-2-3-14(11-15)16-12-20-5-6-22(16)13-17(23)21-7-9-25-10-8-21/h2-4,11,16,20H,5-10,12-13H2,1H3,(H,19,24)/t16-/m0/s1. The van der Waals surface area contributed by atoms with E-state index in [1.54, 1.807) is 7.05 Å². The molecule has 0 unspecified atom stereocenters. The summed E-state index contributed by atoms with van der Waals surface area (Å²) in [4.78, 5) is 28.6. The predicted octanol–water partition coefficient (Wildman–Crippen LogP) is -0.149. The molecule has 2 aliphatic rings. The Labute approximate surface area is 148 Å². The Morgan fingerprint density at radius 2 is 2.08 bits per heavy atom. The monoisotopic (exact) mass is 346 g/mol. The van der Waals surface area contributed by atoms with E-state index in [0.717, 1.165) is 25.2 Å². The molecule has 2 N–H and O–H groups in total. The predicted molar refractivity (Wildman–Crippen MR) is 94.4 cm³/mol. The minimum atomic E-state index is -0.0958. The number of nitrogens with one attached hydrogen (secondary N) is 2. The van der Waals surface area contributed by atoms with Crippen LogP contribution in [0.15, 0.2) is 24.3 Å². The molecule has 7 nitrogen and oxygen atoms in total. The fraction of sp³-hybridized carbons (Fsp3) is 0.556. The van der Waals surface area contributed by atoms with Crippen LogP contribution in [0.25, 0.3) is 0 Å². The number of benzene rings is 1. The van der Waals surface area contributed by atoms with Crippen LogP contribution in [0.3, 0.4) is 0 Å². The van der Waals surface area contributed by atoms with Gasteiger partial charge in [0.1, 0.15) is 0 Å². The van der Waals surface area contributed by atoms with Crippen molar-refractivity contribution in [3.05, 3.63) is 35.4 Å². The molecule has 0 bridgehead atoms. The van der Waals surface area contributed by atoms with Crippen molar-refractivity contribution in [2.45, 2.75) is 6.04 Å². The van der Waals surface area contributed by atoms with Gasteiger partial charge in [-0.25, -0.2) is 0 Å². The van der Waals surface area contributed by atoms with Crippen molar-refractivity contribution >= 4 is 11.8 Å². The third-order valence-electron chi connectivity index (χ3n) is 4.82. The zero-order valence-electron chi connectivity index (χ0n) is 14.7. The molecule has 2 saturated heterocycles. The van der Waals surface area contributed by atoms with Gasteiger partial charge in [0.05, 0.1) is 19.8 Å². The third-order valence-corrected chi connectivity index (χ3v) is 4.82. The van der Waals surface area contributed by atoms with Crippen molar-refractivity contribution in [3.63, 3.8) is 0 Å². The maximum absolute atomic E-state index is 12.6. The average Bonchev–Trinajstić information content (AvgIpc) is 2.68. The van der Waals surface area contributed by atoms with Gasteiger partial charge < -0.3 is 20.3 Å². The number of carbonyl (C=O) groups is 2. The largest absolute Gasteiger partial charge is 0.378 e. The smallest absolute Gasteiger partial charge is 0.251 e. The molecule has 25 heavy (non-hydrogen) atoms. The van der Waals surface area contributed by atoms with Crippen LogP contribution in [0.2, 0.25) is 0 Å². The molecule has 0 aliphatic carbocycles. The van der Waals surface area contributed by atoms with Crippen LogP contribution in [-0.4, -0.2) is 81.1 Å². The molecule has 2 aliphatic heterocycles. The Balaban J connectivity index is 1.72. The van der Waals surface area contributed by atoms with E-state index in [-0.39, 0.29) is 17.9 Å². The number of amides is 2. The van der Waals surface area contributed by atoms with Crippen molar-refractivity contribution in [2.24, 2.45) is 0 Å². The first-order valence-corrected chi connectivity index (χ1v) is 8.81. The Hall–Kier alpha value is -1.96. The van der Waals surface area contributed by atoms with Crippen LogP contribution >= 0.6 is 0 Å². The number of carbonyl (C=O) groups excluding carboxylic acids is 2. The number of rotatable bonds is 4. The minimum Gasteiger partial charge on any atom is -0.378 e. The highest BCUT2D eigenvalue weighted by molar-refractivity contribution is 5.94. The Kier molecular flexibility index (Phi) is 6.01. The highest BCUT2D eigenvalue weighted by Crippen LogP contribution is 2.23. The van der Waals surface area contributed by atoms with Crippen LogP contribution in [0.4, 0.5) is 0 Å². The van der Waals surface area contributed by atoms with E-state index in [4.69, 9.17) is 4.74 Å². The second-order valence-corrected chi connectivity index (χ2v) is 6.39. The summed E-state index contributed by atoms with van der Waals surface area (Å²) in [5.41, 5.74) is 1.70. The number of hydrogen-bond donors (Lipinski definition) is 2. The van der Waals surface area contributed by atoms with Gasteiger partial charge >= 0.3 is 0 Å². The molecule has 0 aromatic heterocycles. The van der Waals surface area contributed by atoms with Gasteiger partial charge in [-0.1, -0.05) is 12.1 Å². The third kappa shape index (κ3) is 4.36. The Morgan fingerprint density at radius 1 is 1.28 bits per heavy atom. The second-order valence-electron chi connectivity index (χ2n) is 6.39. The van der Waals surface area contributed by atoms with Gasteiger partial charge in [-0.15, -0.1) is 0 Å². The van der Waals surface area contributed by atoms with Crippen LogP contribution in [0.5, 0.6) is 0 Å². The van der Waals surface area contributed by atoms with Crippen LogP contribution in [0.1, 0.15) is 22.0 Å². The van der Waals surface area contributed by atoms with E-state index in [1.165, 1.54) is 0 Å². The fourth-order valence-electron chi connectivity index (χ4n) is 3.38. The summed E-state index contributed by atoms with van der Waals surface area (Å²) >= 11 is 0. The zero-order valence-corrected chi connectivity index (χ0v) is 14.7. The first-order valence-electron chi connectivity index (χ1n) is 8.81. The summed E-state index contributed by atoms with van der Waals surface area (Å²) in [6.45, 7) is 5.41. The van der Waals surface area contributed by atoms with Gasteiger partial charge in [0.2, 0.25) is 5.91 Å². The lowest BCUT2D eigenvalue weighted by Gasteiger charge is -2.38. The molecule has 1 aromatic rings. The van der Waals surface area contributed by atoms with Crippen LogP contribution < -0.4 is 10.6 Å². The van der Waals surface area contributed by atoms with Crippen molar-refractivity contribution in [1.29, 1.82) is 0 Å². The van der Waals surface area contributed by atoms with Gasteiger partial charge in [-0.05, 0) is 17.7 Å². The van der Waals surface area contributed by atoms with Crippen molar-refractivity contribution < 1.29 is 14.3 Å². The summed E-state index contributed by atoms with van der Waals surface area (Å²) in [5.74, 6) is 0.0548. The SMILES string of the molecule is CNC(=O)c1cccc([C@@H]2CNCCN2CC(=O)N2CCOCC2)c1. The summed E-state index contributed by atoms with van der Waals surface area (Å²) in [6.07, 6.45) is 0. The number of piperazine rings is 1. The minimum absolute atomic E-state index is 0.0864. The molecule has 7 heteroatoms. The highest BCUT2D eigenvalue weighted by Gasteiger charge is 2.28. The van der Waals surface area contributed by atoms with E-state index < -0.39 is 0 Å². The topological polar surface area (TPSA) is 73.9 Å². The van der Waals surface area contributed by atoms with Crippen molar-refractivity contribution in [1.82, 2.24) is 20.4 Å². The number of nitrogens with zero attached hydrogens (tertiary/aromatic N) is 2. The molecule has 2 heterocycles. The summed E-state index contributed by atoms with van der Waals surface area (Å²) < 4.78 is 5.32. The van der Waals surface area contributed by atoms with Gasteiger partial charge in [0, 0.05) is 51.4 Å². The lowest BCUT2D eigenvalue weighted by Crippen LogP contribution is -2.51. The van der Waals surface area contributed by atoms with Crippen molar-refractivity contribution in [3.8, 4) is 0 Å². The number of hydrogen-bond acceptors (Lipinski definition) is 5. The van der Waals surface area contributed by atoms with E-state index >= 15 is 0 Å². The molecular weight excluding hydrogens is 320 g/mol. The van der Waals surface area contributed by atoms with Crippen LogP contribution in [0, 0.1) is 0 Å². The van der Waals surface area contributed by atoms with Gasteiger partial charge in [0.15, 0.2) is 0 Å². The highest BCUT2D eigenvalue weighted by atomic mass is 16.5. The lowest BCUT2D eigenvalue weighted by molar-refractivity contribution is -0.137. The molecule has 1 aromatic carbocycles. The molecular formula is C18H26N4O3. The molecule has 136 valence electrons. The lowest BCUT2D eigenvalue weighted by atomic mass is 10.0. The molecule has 0 radical (unpaired) electrons. The maximum atomic E-state index is 12.6. The summed E-state index contributed by atoms with van der Waals surface area (Å²) in [6, 6.07) is 7.74.